The maximum Gasteiger partial charge on any atom is 0.409 e. The summed E-state index contributed by atoms with van der Waals surface area (Å²) in [6.07, 6.45) is 7.77. The highest BCUT2D eigenvalue weighted by Gasteiger charge is 2.45. The molecule has 5 heteroatoms. The summed E-state index contributed by atoms with van der Waals surface area (Å²) in [6.45, 7) is 6.39. The predicted molar refractivity (Wildman–Crippen MR) is 85.9 cm³/mol. The summed E-state index contributed by atoms with van der Waals surface area (Å²) in [5, 5.41) is 0. The van der Waals surface area contributed by atoms with Gasteiger partial charge in [-0.2, -0.15) is 0 Å². The van der Waals surface area contributed by atoms with E-state index in [2.05, 4.69) is 28.9 Å². The van der Waals surface area contributed by atoms with Gasteiger partial charge in [-0.1, -0.05) is 13.3 Å². The second-order valence-corrected chi connectivity index (χ2v) is 6.52. The molecule has 1 spiro atoms. The van der Waals surface area contributed by atoms with Crippen LogP contribution < -0.4 is 4.90 Å². The molecule has 0 N–H and O–H groups in total. The van der Waals surface area contributed by atoms with E-state index < -0.39 is 0 Å². The van der Waals surface area contributed by atoms with Crippen molar-refractivity contribution in [2.24, 2.45) is 5.41 Å². The lowest BCUT2D eigenvalue weighted by atomic mass is 9.86. The van der Waals surface area contributed by atoms with Gasteiger partial charge in [0, 0.05) is 49.7 Å². The van der Waals surface area contributed by atoms with E-state index in [1.165, 1.54) is 5.69 Å². The molecule has 3 heterocycles. The summed E-state index contributed by atoms with van der Waals surface area (Å²) >= 11 is 0. The Balaban J connectivity index is 1.55. The molecule has 2 saturated heterocycles. The van der Waals surface area contributed by atoms with E-state index >= 15 is 0 Å². The lowest BCUT2D eigenvalue weighted by Gasteiger charge is -2.25. The van der Waals surface area contributed by atoms with Crippen LogP contribution in [0.4, 0.5) is 10.5 Å². The van der Waals surface area contributed by atoms with Gasteiger partial charge in [0.05, 0.1) is 6.61 Å². The molecule has 2 aliphatic rings. The normalized spacial score (nSPS) is 24.2. The lowest BCUT2D eigenvalue weighted by molar-refractivity contribution is 0.105. The summed E-state index contributed by atoms with van der Waals surface area (Å²) in [5.74, 6) is 0. The minimum absolute atomic E-state index is 0.132. The van der Waals surface area contributed by atoms with Crippen LogP contribution in [-0.2, 0) is 4.74 Å². The fourth-order valence-electron chi connectivity index (χ4n) is 3.53. The molecule has 2 fully saturated rings. The zero-order valence-corrected chi connectivity index (χ0v) is 13.3. The van der Waals surface area contributed by atoms with Gasteiger partial charge in [-0.25, -0.2) is 4.79 Å². The van der Waals surface area contributed by atoms with E-state index in [9.17, 15) is 4.79 Å². The summed E-state index contributed by atoms with van der Waals surface area (Å²) in [7, 11) is 0. The predicted octanol–water partition coefficient (Wildman–Crippen LogP) is 2.92. The monoisotopic (exact) mass is 303 g/mol. The number of nitrogens with zero attached hydrogens (tertiary/aromatic N) is 3. The second kappa shape index (κ2) is 6.55. The van der Waals surface area contributed by atoms with Crippen LogP contribution >= 0.6 is 0 Å². The molecule has 1 aromatic rings. The summed E-state index contributed by atoms with van der Waals surface area (Å²) in [4.78, 5) is 20.5. The summed E-state index contributed by atoms with van der Waals surface area (Å²) in [6, 6.07) is 4.12. The molecule has 1 unspecified atom stereocenters. The number of ether oxygens (including phenoxy) is 1. The maximum atomic E-state index is 12.1. The molecular weight excluding hydrogens is 278 g/mol. The average Bonchev–Trinajstić information content (AvgIpc) is 3.16. The first-order valence-electron chi connectivity index (χ1n) is 8.29. The summed E-state index contributed by atoms with van der Waals surface area (Å²) in [5.41, 5.74) is 1.48. The van der Waals surface area contributed by atoms with Crippen LogP contribution in [-0.4, -0.2) is 48.8 Å². The molecule has 2 aliphatic heterocycles. The average molecular weight is 303 g/mol. The smallest absolute Gasteiger partial charge is 0.409 e. The van der Waals surface area contributed by atoms with Gasteiger partial charge in [-0.15, -0.1) is 0 Å². The second-order valence-electron chi connectivity index (χ2n) is 6.52. The Labute approximate surface area is 132 Å². The summed E-state index contributed by atoms with van der Waals surface area (Å²) < 4.78 is 5.35. The van der Waals surface area contributed by atoms with Crippen LogP contribution in [0.5, 0.6) is 0 Å². The highest BCUT2D eigenvalue weighted by atomic mass is 16.6. The van der Waals surface area contributed by atoms with Crippen LogP contribution in [0.3, 0.4) is 0 Å². The quantitative estimate of drug-likeness (QED) is 0.802. The molecule has 120 valence electrons. The van der Waals surface area contributed by atoms with Crippen molar-refractivity contribution in [1.29, 1.82) is 0 Å². The van der Waals surface area contributed by atoms with Gasteiger partial charge in [0.15, 0.2) is 0 Å². The number of likely N-dealkylation sites (tertiary alicyclic amines) is 1. The number of carbonyl (C=O) groups is 1. The number of rotatable bonds is 4. The van der Waals surface area contributed by atoms with Crippen molar-refractivity contribution in [3.8, 4) is 0 Å². The third-order valence-electron chi connectivity index (χ3n) is 4.89. The molecule has 22 heavy (non-hydrogen) atoms. The minimum Gasteiger partial charge on any atom is -0.449 e. The Morgan fingerprint density at radius 2 is 2.05 bits per heavy atom. The number of hydrogen-bond acceptors (Lipinski definition) is 4. The van der Waals surface area contributed by atoms with E-state index in [-0.39, 0.29) is 11.5 Å². The Hall–Kier alpha value is -1.78. The third-order valence-corrected chi connectivity index (χ3v) is 4.89. The van der Waals surface area contributed by atoms with Crippen molar-refractivity contribution in [2.75, 3.05) is 37.7 Å². The number of pyridine rings is 1. The van der Waals surface area contributed by atoms with Gasteiger partial charge in [0.1, 0.15) is 0 Å². The van der Waals surface area contributed by atoms with Gasteiger partial charge < -0.3 is 14.5 Å². The molecule has 0 saturated carbocycles. The van der Waals surface area contributed by atoms with Gasteiger partial charge >= 0.3 is 6.09 Å². The first kappa shape index (κ1) is 15.1. The largest absolute Gasteiger partial charge is 0.449 e. The van der Waals surface area contributed by atoms with Crippen molar-refractivity contribution >= 4 is 11.8 Å². The van der Waals surface area contributed by atoms with E-state index in [0.717, 1.165) is 51.9 Å². The number of aromatic nitrogens is 1. The highest BCUT2D eigenvalue weighted by molar-refractivity contribution is 5.68. The lowest BCUT2D eigenvalue weighted by Crippen LogP contribution is -2.34. The zero-order chi connectivity index (χ0) is 15.4. The van der Waals surface area contributed by atoms with Crippen LogP contribution in [0.1, 0.15) is 32.6 Å². The fourth-order valence-corrected chi connectivity index (χ4v) is 3.53. The van der Waals surface area contributed by atoms with Gasteiger partial charge in [0.25, 0.3) is 0 Å². The Bertz CT molecular complexity index is 508. The van der Waals surface area contributed by atoms with Gasteiger partial charge in [-0.3, -0.25) is 4.98 Å². The van der Waals surface area contributed by atoms with Crippen LogP contribution in [0.25, 0.3) is 0 Å². The molecule has 0 aliphatic carbocycles. The Morgan fingerprint density at radius 3 is 2.82 bits per heavy atom. The number of anilines is 1. The zero-order valence-electron chi connectivity index (χ0n) is 13.3. The molecule has 3 rings (SSSR count). The first-order chi connectivity index (χ1) is 10.7. The van der Waals surface area contributed by atoms with Crippen molar-refractivity contribution in [3.63, 3.8) is 0 Å². The molecule has 1 aromatic heterocycles. The van der Waals surface area contributed by atoms with Crippen molar-refractivity contribution in [2.45, 2.75) is 32.6 Å². The maximum absolute atomic E-state index is 12.1. The Kier molecular flexibility index (Phi) is 4.50. The topological polar surface area (TPSA) is 45.7 Å². The third kappa shape index (κ3) is 3.18. The number of hydrogen-bond donors (Lipinski definition) is 0. The molecular formula is C17H25N3O2. The van der Waals surface area contributed by atoms with E-state index in [1.807, 2.05) is 17.3 Å². The van der Waals surface area contributed by atoms with E-state index in [0.29, 0.717) is 6.61 Å². The SMILES string of the molecule is CCCCOC(=O)N1CCC2(CCN(c3ccncc3)C2)C1. The fraction of sp³-hybridized carbons (Fsp3) is 0.647. The van der Waals surface area contributed by atoms with Crippen LogP contribution in [0.2, 0.25) is 0 Å². The standard InChI is InChI=1S/C17H25N3O2/c1-2-3-12-22-16(21)20-11-7-17(14-20)6-10-19(13-17)15-4-8-18-9-5-15/h4-5,8-9H,2-3,6-7,10-14H2,1H3. The minimum atomic E-state index is -0.132. The number of amides is 1. The highest BCUT2D eigenvalue weighted by Crippen LogP contribution is 2.41. The molecule has 1 atom stereocenters. The van der Waals surface area contributed by atoms with Crippen molar-refractivity contribution < 1.29 is 9.53 Å². The van der Waals surface area contributed by atoms with E-state index in [4.69, 9.17) is 4.74 Å². The molecule has 0 aromatic carbocycles. The van der Waals surface area contributed by atoms with E-state index in [1.54, 1.807) is 0 Å². The number of carbonyl (C=O) groups excluding carboxylic acids is 1. The molecule has 0 bridgehead atoms. The van der Waals surface area contributed by atoms with Crippen molar-refractivity contribution in [1.82, 2.24) is 9.88 Å². The van der Waals surface area contributed by atoms with Crippen LogP contribution in [0, 0.1) is 5.41 Å². The number of unbranched alkanes of at least 4 members (excludes halogenated alkanes) is 1. The van der Waals surface area contributed by atoms with Gasteiger partial charge in [0.2, 0.25) is 0 Å². The molecule has 1 amide bonds. The first-order valence-corrected chi connectivity index (χ1v) is 8.29. The Morgan fingerprint density at radius 1 is 1.27 bits per heavy atom. The van der Waals surface area contributed by atoms with Crippen molar-refractivity contribution in [3.05, 3.63) is 24.5 Å². The molecule has 5 nitrogen and oxygen atoms in total. The van der Waals surface area contributed by atoms with Gasteiger partial charge in [-0.05, 0) is 31.4 Å². The molecule has 0 radical (unpaired) electrons. The van der Waals surface area contributed by atoms with Crippen LogP contribution in [0.15, 0.2) is 24.5 Å².